The van der Waals surface area contributed by atoms with E-state index >= 15 is 0 Å². The van der Waals surface area contributed by atoms with E-state index in [0.717, 1.165) is 54.6 Å². The fourth-order valence-corrected chi connectivity index (χ4v) is 3.79. The minimum absolute atomic E-state index is 0. The molecule has 0 saturated heterocycles. The fraction of sp³-hybridized carbons (Fsp3) is 0.304. The van der Waals surface area contributed by atoms with Gasteiger partial charge in [-0.25, -0.2) is 4.68 Å². The average Bonchev–Trinajstić information content (AvgIpc) is 3.32. The van der Waals surface area contributed by atoms with Crippen LogP contribution in [0.1, 0.15) is 46.2 Å². The van der Waals surface area contributed by atoms with Gasteiger partial charge in [0.1, 0.15) is 0 Å². The zero-order valence-corrected chi connectivity index (χ0v) is 17.5. The van der Waals surface area contributed by atoms with Gasteiger partial charge in [-0.1, -0.05) is 31.2 Å². The predicted octanol–water partition coefficient (Wildman–Crippen LogP) is 3.90. The molecule has 0 bridgehead atoms. The number of halogens is 1. The molecule has 1 aliphatic rings. The Kier molecular flexibility index (Phi) is 6.60. The normalized spacial score (nSPS) is 12.3. The second kappa shape index (κ2) is 9.14. The van der Waals surface area contributed by atoms with Gasteiger partial charge in [-0.05, 0) is 67.5 Å². The number of anilines is 1. The van der Waals surface area contributed by atoms with Crippen molar-refractivity contribution in [2.24, 2.45) is 0 Å². The molecule has 0 saturated carbocycles. The van der Waals surface area contributed by atoms with E-state index in [1.165, 1.54) is 11.3 Å². The Bertz CT molecular complexity index is 977. The van der Waals surface area contributed by atoms with Crippen LogP contribution in [0.15, 0.2) is 48.5 Å². The van der Waals surface area contributed by atoms with E-state index in [4.69, 9.17) is 5.73 Å². The number of aryl methyl sites for hydroxylation is 1. The number of rotatable bonds is 6. The van der Waals surface area contributed by atoms with Crippen LogP contribution in [0.4, 0.5) is 5.69 Å². The zero-order valence-electron chi connectivity index (χ0n) is 16.6. The summed E-state index contributed by atoms with van der Waals surface area (Å²) in [5.74, 6) is -0.0856. The van der Waals surface area contributed by atoms with Gasteiger partial charge in [-0.15, -0.1) is 12.4 Å². The maximum absolute atomic E-state index is 12.8. The van der Waals surface area contributed by atoms with Crippen LogP contribution in [0.5, 0.6) is 0 Å². The number of aromatic nitrogens is 2. The van der Waals surface area contributed by atoms with E-state index < -0.39 is 0 Å². The molecule has 3 aromatic rings. The van der Waals surface area contributed by atoms with E-state index in [2.05, 4.69) is 41.6 Å². The van der Waals surface area contributed by atoms with Crippen molar-refractivity contribution in [1.82, 2.24) is 15.1 Å². The van der Waals surface area contributed by atoms with E-state index in [1.807, 2.05) is 28.9 Å². The number of nitrogens with one attached hydrogen (secondary N) is 1. The SMILES string of the molecule is CCc1ccc(-n2nc(C(=O)NCCc3ccc(N)cc3)c3c2CCC3)cc1.Cl. The monoisotopic (exact) mass is 410 g/mol. The number of nitrogens with two attached hydrogens (primary N) is 1. The molecule has 3 N–H and O–H groups in total. The van der Waals surface area contributed by atoms with Gasteiger partial charge >= 0.3 is 0 Å². The molecule has 2 aromatic carbocycles. The van der Waals surface area contributed by atoms with E-state index in [0.29, 0.717) is 12.2 Å². The molecule has 1 aromatic heterocycles. The van der Waals surface area contributed by atoms with Crippen molar-refractivity contribution in [2.45, 2.75) is 39.0 Å². The van der Waals surface area contributed by atoms with Crippen LogP contribution in [0, 0.1) is 0 Å². The Morgan fingerprint density at radius 1 is 1.07 bits per heavy atom. The van der Waals surface area contributed by atoms with Crippen LogP contribution in [0.25, 0.3) is 5.69 Å². The molecular formula is C23H27ClN4O. The van der Waals surface area contributed by atoms with Crippen LogP contribution in [-0.4, -0.2) is 22.2 Å². The highest BCUT2D eigenvalue weighted by molar-refractivity contribution is 5.94. The molecule has 6 heteroatoms. The Balaban J connectivity index is 0.00000240. The highest BCUT2D eigenvalue weighted by atomic mass is 35.5. The lowest BCUT2D eigenvalue weighted by atomic mass is 10.1. The summed E-state index contributed by atoms with van der Waals surface area (Å²) in [4.78, 5) is 12.8. The standard InChI is InChI=1S/C23H26N4O.ClH/c1-2-16-8-12-19(13-9-16)27-21-5-3-4-20(21)22(26-27)23(28)25-15-14-17-6-10-18(24)11-7-17;/h6-13H,2-5,14-15,24H2,1H3,(H,25,28);1H. The highest BCUT2D eigenvalue weighted by Gasteiger charge is 2.26. The summed E-state index contributed by atoms with van der Waals surface area (Å²) in [7, 11) is 0. The quantitative estimate of drug-likeness (QED) is 0.605. The molecule has 5 nitrogen and oxygen atoms in total. The van der Waals surface area contributed by atoms with Crippen molar-refractivity contribution in [2.75, 3.05) is 12.3 Å². The lowest BCUT2D eigenvalue weighted by Crippen LogP contribution is -2.27. The van der Waals surface area contributed by atoms with Crippen molar-refractivity contribution in [3.63, 3.8) is 0 Å². The van der Waals surface area contributed by atoms with Crippen LogP contribution in [-0.2, 0) is 25.7 Å². The van der Waals surface area contributed by atoms with Gasteiger partial charge in [0.05, 0.1) is 5.69 Å². The van der Waals surface area contributed by atoms with Crippen molar-refractivity contribution >= 4 is 24.0 Å². The number of carbonyl (C=O) groups is 1. The molecule has 29 heavy (non-hydrogen) atoms. The Morgan fingerprint density at radius 2 is 1.76 bits per heavy atom. The second-order valence-electron chi connectivity index (χ2n) is 7.31. The first-order valence-corrected chi connectivity index (χ1v) is 9.98. The summed E-state index contributed by atoms with van der Waals surface area (Å²) in [5, 5.41) is 7.71. The molecule has 0 aliphatic heterocycles. The van der Waals surface area contributed by atoms with Gasteiger partial charge < -0.3 is 11.1 Å². The third-order valence-electron chi connectivity index (χ3n) is 5.41. The van der Waals surface area contributed by atoms with Gasteiger partial charge in [0, 0.05) is 23.5 Å². The first-order valence-electron chi connectivity index (χ1n) is 9.98. The molecule has 1 heterocycles. The van der Waals surface area contributed by atoms with Gasteiger partial charge in [-0.2, -0.15) is 5.10 Å². The maximum Gasteiger partial charge on any atom is 0.272 e. The molecule has 0 spiro atoms. The third kappa shape index (κ3) is 4.46. The number of nitrogens with zero attached hydrogens (tertiary/aromatic N) is 2. The van der Waals surface area contributed by atoms with Crippen LogP contribution >= 0.6 is 12.4 Å². The van der Waals surface area contributed by atoms with E-state index in [9.17, 15) is 4.79 Å². The Labute approximate surface area is 177 Å². The molecule has 0 fully saturated rings. The summed E-state index contributed by atoms with van der Waals surface area (Å²) in [6.07, 6.45) is 4.75. The lowest BCUT2D eigenvalue weighted by molar-refractivity contribution is 0.0948. The minimum atomic E-state index is -0.0856. The van der Waals surface area contributed by atoms with E-state index in [1.54, 1.807) is 0 Å². The van der Waals surface area contributed by atoms with Crippen molar-refractivity contribution in [3.8, 4) is 5.69 Å². The smallest absolute Gasteiger partial charge is 0.272 e. The van der Waals surface area contributed by atoms with Gasteiger partial charge in [0.15, 0.2) is 5.69 Å². The largest absolute Gasteiger partial charge is 0.399 e. The molecule has 1 amide bonds. The number of nitrogen functional groups attached to an aromatic ring is 1. The number of hydrogen-bond donors (Lipinski definition) is 2. The topological polar surface area (TPSA) is 72.9 Å². The lowest BCUT2D eigenvalue weighted by Gasteiger charge is -2.07. The molecular weight excluding hydrogens is 384 g/mol. The highest BCUT2D eigenvalue weighted by Crippen LogP contribution is 2.28. The molecule has 0 radical (unpaired) electrons. The maximum atomic E-state index is 12.8. The number of hydrogen-bond acceptors (Lipinski definition) is 3. The van der Waals surface area contributed by atoms with Gasteiger partial charge in [-0.3, -0.25) is 4.79 Å². The average molecular weight is 411 g/mol. The van der Waals surface area contributed by atoms with Crippen molar-refractivity contribution in [3.05, 3.63) is 76.6 Å². The first kappa shape index (κ1) is 20.9. The number of benzene rings is 2. The summed E-state index contributed by atoms with van der Waals surface area (Å²) >= 11 is 0. The number of carbonyl (C=O) groups excluding carboxylic acids is 1. The molecule has 1 aliphatic carbocycles. The summed E-state index contributed by atoms with van der Waals surface area (Å²) < 4.78 is 1.96. The Morgan fingerprint density at radius 3 is 2.45 bits per heavy atom. The summed E-state index contributed by atoms with van der Waals surface area (Å²) in [6.45, 7) is 2.73. The summed E-state index contributed by atoms with van der Waals surface area (Å²) in [5.41, 5.74) is 12.8. The van der Waals surface area contributed by atoms with Crippen LogP contribution in [0.2, 0.25) is 0 Å². The fourth-order valence-electron chi connectivity index (χ4n) is 3.79. The van der Waals surface area contributed by atoms with Crippen molar-refractivity contribution < 1.29 is 4.79 Å². The Hall–Kier alpha value is -2.79. The number of fused-ring (bicyclic) bond motifs is 1. The molecule has 0 unspecified atom stereocenters. The van der Waals surface area contributed by atoms with Gasteiger partial charge in [0.2, 0.25) is 0 Å². The molecule has 0 atom stereocenters. The van der Waals surface area contributed by atoms with Crippen molar-refractivity contribution in [1.29, 1.82) is 0 Å². The first-order chi connectivity index (χ1) is 13.7. The third-order valence-corrected chi connectivity index (χ3v) is 5.41. The zero-order chi connectivity index (χ0) is 19.5. The number of amides is 1. The van der Waals surface area contributed by atoms with Crippen LogP contribution < -0.4 is 11.1 Å². The second-order valence-corrected chi connectivity index (χ2v) is 7.31. The van der Waals surface area contributed by atoms with E-state index in [-0.39, 0.29) is 18.3 Å². The summed E-state index contributed by atoms with van der Waals surface area (Å²) in [6, 6.07) is 16.2. The predicted molar refractivity (Wildman–Crippen MR) is 119 cm³/mol. The van der Waals surface area contributed by atoms with Gasteiger partial charge in [0.25, 0.3) is 5.91 Å². The molecule has 4 rings (SSSR count). The van der Waals surface area contributed by atoms with Crippen LogP contribution in [0.3, 0.4) is 0 Å². The molecule has 152 valence electrons. The minimum Gasteiger partial charge on any atom is -0.399 e.